The third kappa shape index (κ3) is 6.75. The van der Waals surface area contributed by atoms with Crippen LogP contribution < -0.4 is 20.2 Å². The van der Waals surface area contributed by atoms with E-state index in [1.54, 1.807) is 60.7 Å². The maximum Gasteiger partial charge on any atom is 0.343 e. The summed E-state index contributed by atoms with van der Waals surface area (Å²) in [4.78, 5) is 36.2. The summed E-state index contributed by atoms with van der Waals surface area (Å²) in [7, 11) is 1.52. The fourth-order valence-electron chi connectivity index (χ4n) is 2.70. The highest BCUT2D eigenvalue weighted by atomic mass is 79.9. The van der Waals surface area contributed by atoms with Crippen LogP contribution in [0.1, 0.15) is 21.5 Å². The van der Waals surface area contributed by atoms with E-state index in [1.807, 2.05) is 13.0 Å². The van der Waals surface area contributed by atoms with E-state index in [4.69, 9.17) is 9.47 Å². The Labute approximate surface area is 198 Å². The molecule has 0 aliphatic rings. The number of esters is 1. The Hall–Kier alpha value is -3.98. The first-order valence-corrected chi connectivity index (χ1v) is 10.5. The molecule has 2 amide bonds. The predicted octanol–water partition coefficient (Wildman–Crippen LogP) is 4.07. The monoisotopic (exact) mass is 509 g/mol. The Kier molecular flexibility index (Phi) is 7.93. The van der Waals surface area contributed by atoms with Gasteiger partial charge in [0.15, 0.2) is 0 Å². The van der Waals surface area contributed by atoms with Gasteiger partial charge in [0.1, 0.15) is 11.5 Å². The smallest absolute Gasteiger partial charge is 0.343 e. The second-order valence-corrected chi connectivity index (χ2v) is 7.72. The van der Waals surface area contributed by atoms with Gasteiger partial charge in [-0.05, 0) is 78.7 Å². The fourth-order valence-corrected chi connectivity index (χ4v) is 3.18. The normalized spacial score (nSPS) is 10.5. The van der Waals surface area contributed by atoms with Crippen molar-refractivity contribution in [2.45, 2.75) is 6.92 Å². The van der Waals surface area contributed by atoms with Crippen LogP contribution in [-0.4, -0.2) is 31.1 Å². The van der Waals surface area contributed by atoms with E-state index in [-0.39, 0.29) is 0 Å². The minimum atomic E-state index is -0.905. The number of carbonyl (C=O) groups excluding carboxylic acids is 3. The largest absolute Gasteiger partial charge is 0.497 e. The van der Waals surface area contributed by atoms with Crippen LogP contribution >= 0.6 is 15.9 Å². The van der Waals surface area contributed by atoms with Gasteiger partial charge < -0.3 is 14.8 Å². The maximum absolute atomic E-state index is 12.3. The van der Waals surface area contributed by atoms with Crippen LogP contribution in [0, 0.1) is 6.92 Å². The Morgan fingerprint density at radius 3 is 2.39 bits per heavy atom. The molecular formula is C24H20BrN3O5. The number of carbonyl (C=O) groups is 3. The molecule has 0 saturated carbocycles. The number of methoxy groups -OCH3 is 1. The summed E-state index contributed by atoms with van der Waals surface area (Å²) < 4.78 is 11.3. The number of rotatable bonds is 6. The maximum atomic E-state index is 12.3. The molecule has 0 radical (unpaired) electrons. The van der Waals surface area contributed by atoms with Gasteiger partial charge in [-0.15, -0.1) is 0 Å². The lowest BCUT2D eigenvalue weighted by Crippen LogP contribution is -2.32. The summed E-state index contributed by atoms with van der Waals surface area (Å²) in [6.45, 7) is 1.81. The lowest BCUT2D eigenvalue weighted by Gasteiger charge is -2.07. The number of nitrogens with one attached hydrogen (secondary N) is 2. The second kappa shape index (κ2) is 11.1. The molecule has 0 bridgehead atoms. The highest BCUT2D eigenvalue weighted by molar-refractivity contribution is 9.10. The summed E-state index contributed by atoms with van der Waals surface area (Å²) in [5.74, 6) is -1.36. The summed E-state index contributed by atoms with van der Waals surface area (Å²) in [6, 6.07) is 18.4. The molecule has 8 nitrogen and oxygen atoms in total. The van der Waals surface area contributed by atoms with Crippen molar-refractivity contribution in [2.75, 3.05) is 12.4 Å². The van der Waals surface area contributed by atoms with Crippen molar-refractivity contribution in [3.05, 3.63) is 87.9 Å². The Balaban J connectivity index is 1.52. The number of amides is 2. The number of ether oxygens (including phenoxy) is 2. The third-order valence-corrected chi connectivity index (χ3v) is 4.91. The van der Waals surface area contributed by atoms with Crippen molar-refractivity contribution < 1.29 is 23.9 Å². The molecule has 0 aliphatic heterocycles. The van der Waals surface area contributed by atoms with Crippen LogP contribution in [0.3, 0.4) is 0 Å². The number of aryl methyl sites for hydroxylation is 1. The standard InChI is InChI=1S/C24H20BrN3O5/c1-15-12-18(25)8-11-21(15)27-22(29)23(30)28-26-14-16-6-9-19(10-7-16)33-24(31)17-4-3-5-20(13-17)32-2/h3-14H,1-2H3,(H,27,29)(H,28,30)/b26-14+. The molecule has 0 fully saturated rings. The van der Waals surface area contributed by atoms with Crippen LogP contribution in [0.4, 0.5) is 5.69 Å². The summed E-state index contributed by atoms with van der Waals surface area (Å²) in [5, 5.41) is 6.31. The number of nitrogens with zero attached hydrogens (tertiary/aromatic N) is 1. The van der Waals surface area contributed by atoms with Gasteiger partial charge in [0, 0.05) is 10.2 Å². The molecule has 0 atom stereocenters. The van der Waals surface area contributed by atoms with Crippen molar-refractivity contribution in [3.63, 3.8) is 0 Å². The number of hydrazone groups is 1. The van der Waals surface area contributed by atoms with Crippen molar-refractivity contribution in [1.29, 1.82) is 0 Å². The van der Waals surface area contributed by atoms with E-state index >= 15 is 0 Å². The average molecular weight is 510 g/mol. The third-order valence-electron chi connectivity index (χ3n) is 4.42. The van der Waals surface area contributed by atoms with Crippen LogP contribution in [0.25, 0.3) is 0 Å². The first-order chi connectivity index (χ1) is 15.9. The SMILES string of the molecule is COc1cccc(C(=O)Oc2ccc(/C=N/NC(=O)C(=O)Nc3ccc(Br)cc3C)cc2)c1. The van der Waals surface area contributed by atoms with Gasteiger partial charge >= 0.3 is 17.8 Å². The lowest BCUT2D eigenvalue weighted by molar-refractivity contribution is -0.136. The van der Waals surface area contributed by atoms with Gasteiger partial charge in [0.25, 0.3) is 0 Å². The molecule has 3 aromatic carbocycles. The molecule has 2 N–H and O–H groups in total. The van der Waals surface area contributed by atoms with E-state index in [9.17, 15) is 14.4 Å². The molecule has 3 rings (SSSR count). The molecule has 3 aromatic rings. The van der Waals surface area contributed by atoms with Gasteiger partial charge in [-0.25, -0.2) is 10.2 Å². The average Bonchev–Trinajstić information content (AvgIpc) is 2.81. The zero-order valence-electron chi connectivity index (χ0n) is 17.8. The molecule has 0 saturated heterocycles. The van der Waals surface area contributed by atoms with Crippen LogP contribution in [0.15, 0.2) is 76.3 Å². The Bertz CT molecular complexity index is 1210. The molecule has 168 valence electrons. The van der Waals surface area contributed by atoms with Crippen molar-refractivity contribution in [2.24, 2.45) is 5.10 Å². The molecule has 0 spiro atoms. The lowest BCUT2D eigenvalue weighted by atomic mass is 10.2. The number of hydrogen-bond acceptors (Lipinski definition) is 6. The number of anilines is 1. The Morgan fingerprint density at radius 1 is 0.939 bits per heavy atom. The number of halogens is 1. The van der Waals surface area contributed by atoms with Crippen molar-refractivity contribution in [3.8, 4) is 11.5 Å². The first kappa shape index (κ1) is 23.7. The topological polar surface area (TPSA) is 106 Å². The fraction of sp³-hybridized carbons (Fsp3) is 0.0833. The van der Waals surface area contributed by atoms with E-state index in [0.717, 1.165) is 10.0 Å². The minimum Gasteiger partial charge on any atom is -0.497 e. The highest BCUT2D eigenvalue weighted by Crippen LogP contribution is 2.20. The van der Waals surface area contributed by atoms with Gasteiger partial charge in [-0.3, -0.25) is 9.59 Å². The summed E-state index contributed by atoms with van der Waals surface area (Å²) in [6.07, 6.45) is 1.36. The zero-order chi connectivity index (χ0) is 23.8. The quantitative estimate of drug-likeness (QED) is 0.171. The van der Waals surface area contributed by atoms with Crippen LogP contribution in [0.2, 0.25) is 0 Å². The molecule has 9 heteroatoms. The summed E-state index contributed by atoms with van der Waals surface area (Å²) >= 11 is 3.34. The number of benzene rings is 3. The minimum absolute atomic E-state index is 0.341. The highest BCUT2D eigenvalue weighted by Gasteiger charge is 2.14. The van der Waals surface area contributed by atoms with Crippen LogP contribution in [-0.2, 0) is 9.59 Å². The van der Waals surface area contributed by atoms with Gasteiger partial charge in [0.2, 0.25) is 0 Å². The number of hydrogen-bond donors (Lipinski definition) is 2. The van der Waals surface area contributed by atoms with E-state index in [1.165, 1.54) is 13.3 Å². The van der Waals surface area contributed by atoms with E-state index in [2.05, 4.69) is 31.8 Å². The first-order valence-electron chi connectivity index (χ1n) is 9.72. The Morgan fingerprint density at radius 2 is 1.70 bits per heavy atom. The van der Waals surface area contributed by atoms with Gasteiger partial charge in [-0.1, -0.05) is 22.0 Å². The predicted molar refractivity (Wildman–Crippen MR) is 128 cm³/mol. The second-order valence-electron chi connectivity index (χ2n) is 6.80. The molecule has 0 heterocycles. The molecule has 0 aliphatic carbocycles. The molecule has 0 unspecified atom stereocenters. The van der Waals surface area contributed by atoms with Crippen LogP contribution in [0.5, 0.6) is 11.5 Å². The van der Waals surface area contributed by atoms with E-state index < -0.39 is 17.8 Å². The van der Waals surface area contributed by atoms with E-state index in [0.29, 0.717) is 28.3 Å². The van der Waals surface area contributed by atoms with Gasteiger partial charge in [0.05, 0.1) is 18.9 Å². The molecule has 33 heavy (non-hydrogen) atoms. The molecule has 0 aromatic heterocycles. The van der Waals surface area contributed by atoms with Crippen molar-refractivity contribution in [1.82, 2.24) is 5.43 Å². The zero-order valence-corrected chi connectivity index (χ0v) is 19.4. The summed E-state index contributed by atoms with van der Waals surface area (Å²) in [5.41, 5.74) is 4.49. The van der Waals surface area contributed by atoms with Gasteiger partial charge in [-0.2, -0.15) is 5.10 Å². The molecular weight excluding hydrogens is 490 g/mol. The van der Waals surface area contributed by atoms with Crippen molar-refractivity contribution >= 4 is 45.6 Å².